The summed E-state index contributed by atoms with van der Waals surface area (Å²) in [4.78, 5) is 11.7. The van der Waals surface area contributed by atoms with Crippen LogP contribution in [0.4, 0.5) is 11.4 Å². The summed E-state index contributed by atoms with van der Waals surface area (Å²) in [6, 6.07) is 7.13. The summed E-state index contributed by atoms with van der Waals surface area (Å²) in [7, 11) is 0. The molecule has 1 unspecified atom stereocenters. The van der Waals surface area contributed by atoms with Crippen LogP contribution >= 0.6 is 0 Å². The number of nitrogens with one attached hydrogen (secondary N) is 1. The molecule has 5 nitrogen and oxygen atoms in total. The molecule has 5 heteroatoms. The lowest BCUT2D eigenvalue weighted by Crippen LogP contribution is -2.16. The minimum atomic E-state index is -0.0618. The number of nitrogens with two attached hydrogens (primary N) is 1. The van der Waals surface area contributed by atoms with Crippen molar-refractivity contribution in [2.24, 2.45) is 5.92 Å². The van der Waals surface area contributed by atoms with E-state index >= 15 is 0 Å². The van der Waals surface area contributed by atoms with E-state index < -0.39 is 0 Å². The Balaban J connectivity index is 1.61. The molecule has 1 aliphatic heterocycles. The van der Waals surface area contributed by atoms with Crippen molar-refractivity contribution in [3.63, 3.8) is 0 Å². The van der Waals surface area contributed by atoms with Crippen LogP contribution in [0.5, 0.6) is 0 Å². The van der Waals surface area contributed by atoms with E-state index in [1.54, 1.807) is 12.1 Å². The molecule has 0 bridgehead atoms. The van der Waals surface area contributed by atoms with Gasteiger partial charge in [-0.2, -0.15) is 0 Å². The Morgan fingerprint density at radius 3 is 3.16 bits per heavy atom. The highest BCUT2D eigenvalue weighted by Crippen LogP contribution is 2.13. The third kappa shape index (κ3) is 4.89. The van der Waals surface area contributed by atoms with Crippen molar-refractivity contribution in [3.05, 3.63) is 24.3 Å². The van der Waals surface area contributed by atoms with Crippen molar-refractivity contribution in [3.8, 4) is 0 Å². The summed E-state index contributed by atoms with van der Waals surface area (Å²) < 4.78 is 10.7. The topological polar surface area (TPSA) is 73.6 Å². The van der Waals surface area contributed by atoms with Crippen LogP contribution in [0.25, 0.3) is 0 Å². The summed E-state index contributed by atoms with van der Waals surface area (Å²) >= 11 is 0. The van der Waals surface area contributed by atoms with Crippen molar-refractivity contribution in [1.29, 1.82) is 0 Å². The van der Waals surface area contributed by atoms with Gasteiger partial charge in [0.1, 0.15) is 0 Å². The van der Waals surface area contributed by atoms with E-state index in [1.807, 2.05) is 12.1 Å². The summed E-state index contributed by atoms with van der Waals surface area (Å²) in [5.74, 6) is 0.422. The number of carbonyl (C=O) groups is 1. The largest absolute Gasteiger partial charge is 0.399 e. The molecule has 104 valence electrons. The van der Waals surface area contributed by atoms with Crippen LogP contribution < -0.4 is 11.1 Å². The number of hydrogen-bond donors (Lipinski definition) is 2. The average Bonchev–Trinajstić information content (AvgIpc) is 2.88. The van der Waals surface area contributed by atoms with Crippen LogP contribution in [-0.4, -0.2) is 32.3 Å². The lowest BCUT2D eigenvalue weighted by Gasteiger charge is -2.09. The van der Waals surface area contributed by atoms with Crippen LogP contribution in [0.2, 0.25) is 0 Å². The van der Waals surface area contributed by atoms with Gasteiger partial charge in [0.15, 0.2) is 0 Å². The van der Waals surface area contributed by atoms with E-state index in [0.29, 0.717) is 36.9 Å². The lowest BCUT2D eigenvalue weighted by molar-refractivity contribution is -0.117. The summed E-state index contributed by atoms with van der Waals surface area (Å²) in [5.41, 5.74) is 6.99. The normalized spacial score (nSPS) is 18.4. The van der Waals surface area contributed by atoms with E-state index in [0.717, 1.165) is 19.6 Å². The maximum atomic E-state index is 11.7. The molecule has 0 radical (unpaired) electrons. The lowest BCUT2D eigenvalue weighted by atomic mass is 10.1. The van der Waals surface area contributed by atoms with Gasteiger partial charge in [0.25, 0.3) is 0 Å². The summed E-state index contributed by atoms with van der Waals surface area (Å²) in [5, 5.41) is 2.79. The molecular formula is C14H20N2O3. The van der Waals surface area contributed by atoms with Crippen molar-refractivity contribution < 1.29 is 14.3 Å². The van der Waals surface area contributed by atoms with Gasteiger partial charge < -0.3 is 20.5 Å². The van der Waals surface area contributed by atoms with Gasteiger partial charge in [0.2, 0.25) is 5.91 Å². The van der Waals surface area contributed by atoms with Gasteiger partial charge in [-0.1, -0.05) is 6.07 Å². The van der Waals surface area contributed by atoms with E-state index in [1.165, 1.54) is 0 Å². The van der Waals surface area contributed by atoms with Gasteiger partial charge >= 0.3 is 0 Å². The number of nitrogen functional groups attached to an aromatic ring is 1. The Bertz CT molecular complexity index is 417. The Morgan fingerprint density at radius 1 is 1.53 bits per heavy atom. The first kappa shape index (κ1) is 13.8. The molecule has 19 heavy (non-hydrogen) atoms. The zero-order chi connectivity index (χ0) is 13.5. The molecule has 1 aromatic carbocycles. The third-order valence-electron chi connectivity index (χ3n) is 3.02. The quantitative estimate of drug-likeness (QED) is 0.605. The van der Waals surface area contributed by atoms with Crippen molar-refractivity contribution in [2.75, 3.05) is 37.5 Å². The first-order chi connectivity index (χ1) is 9.24. The van der Waals surface area contributed by atoms with Gasteiger partial charge in [-0.25, -0.2) is 0 Å². The van der Waals surface area contributed by atoms with E-state index in [4.69, 9.17) is 15.2 Å². The predicted molar refractivity (Wildman–Crippen MR) is 73.8 cm³/mol. The minimum absolute atomic E-state index is 0.0618. The van der Waals surface area contributed by atoms with Crippen LogP contribution in [0.3, 0.4) is 0 Å². The zero-order valence-corrected chi connectivity index (χ0v) is 10.9. The molecule has 2 rings (SSSR count). The van der Waals surface area contributed by atoms with Gasteiger partial charge in [-0.05, 0) is 24.6 Å². The number of hydrogen-bond acceptors (Lipinski definition) is 4. The fraction of sp³-hybridized carbons (Fsp3) is 0.500. The number of amides is 1. The van der Waals surface area contributed by atoms with E-state index in [-0.39, 0.29) is 5.91 Å². The first-order valence-corrected chi connectivity index (χ1v) is 6.55. The molecule has 0 saturated carbocycles. The molecular weight excluding hydrogens is 244 g/mol. The second-order valence-electron chi connectivity index (χ2n) is 4.73. The molecule has 1 heterocycles. The molecule has 1 aromatic rings. The highest BCUT2D eigenvalue weighted by Gasteiger charge is 2.15. The zero-order valence-electron chi connectivity index (χ0n) is 10.9. The fourth-order valence-electron chi connectivity index (χ4n) is 1.97. The number of ether oxygens (including phenoxy) is 2. The molecule has 1 atom stereocenters. The second-order valence-corrected chi connectivity index (χ2v) is 4.73. The third-order valence-corrected chi connectivity index (χ3v) is 3.02. The molecule has 0 aromatic heterocycles. The van der Waals surface area contributed by atoms with Crippen LogP contribution in [0.15, 0.2) is 24.3 Å². The highest BCUT2D eigenvalue weighted by atomic mass is 16.5. The van der Waals surface area contributed by atoms with Gasteiger partial charge in [-0.3, -0.25) is 4.79 Å². The van der Waals surface area contributed by atoms with Gasteiger partial charge in [0.05, 0.1) is 26.2 Å². The summed E-state index contributed by atoms with van der Waals surface area (Å²) in [6.07, 6.45) is 1.40. The molecule has 3 N–H and O–H groups in total. The SMILES string of the molecule is Nc1cccc(NC(=O)CCOCC2CCOC2)c1. The van der Waals surface area contributed by atoms with Crippen molar-refractivity contribution in [1.82, 2.24) is 0 Å². The Hall–Kier alpha value is -1.59. The van der Waals surface area contributed by atoms with Crippen molar-refractivity contribution >= 4 is 17.3 Å². The van der Waals surface area contributed by atoms with Crippen molar-refractivity contribution in [2.45, 2.75) is 12.8 Å². The average molecular weight is 264 g/mol. The molecule has 1 amide bonds. The number of benzene rings is 1. The van der Waals surface area contributed by atoms with Crippen LogP contribution in [-0.2, 0) is 14.3 Å². The maximum absolute atomic E-state index is 11.7. The number of anilines is 2. The Morgan fingerprint density at radius 2 is 2.42 bits per heavy atom. The smallest absolute Gasteiger partial charge is 0.226 e. The molecule has 1 saturated heterocycles. The Labute approximate surface area is 113 Å². The molecule has 1 aliphatic rings. The number of carbonyl (C=O) groups excluding carboxylic acids is 1. The van der Waals surface area contributed by atoms with E-state index in [9.17, 15) is 4.79 Å². The fourth-order valence-corrected chi connectivity index (χ4v) is 1.97. The molecule has 1 fully saturated rings. The standard InChI is InChI=1S/C14H20N2O3/c15-12-2-1-3-13(8-12)16-14(17)5-7-19-10-11-4-6-18-9-11/h1-3,8,11H,4-7,9-10,15H2,(H,16,17). The Kier molecular flexibility index (Phi) is 5.18. The summed E-state index contributed by atoms with van der Waals surface area (Å²) in [6.45, 7) is 2.70. The van der Waals surface area contributed by atoms with Crippen LogP contribution in [0.1, 0.15) is 12.8 Å². The first-order valence-electron chi connectivity index (χ1n) is 6.55. The van der Waals surface area contributed by atoms with Gasteiger partial charge in [-0.15, -0.1) is 0 Å². The van der Waals surface area contributed by atoms with Gasteiger partial charge in [0, 0.05) is 23.9 Å². The molecule has 0 aliphatic carbocycles. The predicted octanol–water partition coefficient (Wildman–Crippen LogP) is 1.65. The molecule has 0 spiro atoms. The second kappa shape index (κ2) is 7.11. The van der Waals surface area contributed by atoms with Crippen LogP contribution in [0, 0.1) is 5.92 Å². The number of rotatable bonds is 6. The maximum Gasteiger partial charge on any atom is 0.226 e. The monoisotopic (exact) mass is 264 g/mol. The minimum Gasteiger partial charge on any atom is -0.399 e. The highest BCUT2D eigenvalue weighted by molar-refractivity contribution is 5.91. The van der Waals surface area contributed by atoms with E-state index in [2.05, 4.69) is 5.32 Å².